The molecule has 2 aromatic rings. The summed E-state index contributed by atoms with van der Waals surface area (Å²) in [5, 5.41) is 14.0. The average Bonchev–Trinajstić information content (AvgIpc) is 2.92. The van der Waals surface area contributed by atoms with E-state index in [4.69, 9.17) is 4.98 Å². The highest BCUT2D eigenvalue weighted by atomic mass is 32.1. The lowest BCUT2D eigenvalue weighted by Gasteiger charge is -2.40. The number of likely N-dealkylation sites (tertiary alicyclic amines) is 1. The van der Waals surface area contributed by atoms with Crippen molar-refractivity contribution in [2.75, 3.05) is 13.6 Å². The lowest BCUT2D eigenvalue weighted by atomic mass is 9.85. The van der Waals surface area contributed by atoms with Gasteiger partial charge in [0.2, 0.25) is 0 Å². The number of hydrogen-bond acceptors (Lipinski definition) is 4. The van der Waals surface area contributed by atoms with Crippen LogP contribution in [-0.4, -0.2) is 40.2 Å². The molecule has 3 nitrogen and oxygen atoms in total. The maximum absolute atomic E-state index is 10.8. The van der Waals surface area contributed by atoms with Gasteiger partial charge in [-0.2, -0.15) is 0 Å². The Labute approximate surface area is 130 Å². The predicted molar refractivity (Wildman–Crippen MR) is 87.5 cm³/mol. The zero-order chi connectivity index (χ0) is 14.9. The summed E-state index contributed by atoms with van der Waals surface area (Å²) in [6.45, 7) is 3.13. The highest BCUT2D eigenvalue weighted by molar-refractivity contribution is 7.09. The third-order valence-corrected chi connectivity index (χ3v) is 5.31. The van der Waals surface area contributed by atoms with Crippen molar-refractivity contribution in [3.05, 3.63) is 40.7 Å². The van der Waals surface area contributed by atoms with Crippen molar-refractivity contribution < 1.29 is 5.11 Å². The molecule has 1 fully saturated rings. The zero-order valence-corrected chi connectivity index (χ0v) is 13.4. The second-order valence-corrected chi connectivity index (χ2v) is 7.12. The number of hydrogen-bond donors (Lipinski definition) is 1. The van der Waals surface area contributed by atoms with Crippen LogP contribution in [0.5, 0.6) is 0 Å². The molecule has 0 bridgehead atoms. The number of piperidine rings is 1. The molecule has 2 heterocycles. The molecule has 0 radical (unpaired) electrons. The Balaban J connectivity index is 1.73. The van der Waals surface area contributed by atoms with Crippen LogP contribution in [0.3, 0.4) is 0 Å². The van der Waals surface area contributed by atoms with Gasteiger partial charge in [0.15, 0.2) is 0 Å². The van der Waals surface area contributed by atoms with Crippen LogP contribution >= 0.6 is 11.3 Å². The van der Waals surface area contributed by atoms with Crippen LogP contribution in [0.15, 0.2) is 35.7 Å². The van der Waals surface area contributed by atoms with Crippen LogP contribution in [0.1, 0.15) is 24.8 Å². The van der Waals surface area contributed by atoms with Crippen molar-refractivity contribution >= 4 is 11.3 Å². The lowest BCUT2D eigenvalue weighted by Crippen LogP contribution is -2.48. The fraction of sp³-hybridized carbons (Fsp3) is 0.471. The SMILES string of the molecule is CC1CC(O)(Cc2nc(-c3ccccc3)cs2)CCN1C. The Kier molecular flexibility index (Phi) is 4.11. The fourth-order valence-electron chi connectivity index (χ4n) is 2.99. The molecule has 2 atom stereocenters. The standard InChI is InChI=1S/C17H22N2OS/c1-13-10-17(20,8-9-19(13)2)11-16-18-15(12-21-16)14-6-4-3-5-7-14/h3-7,12-13,20H,8-11H2,1-2H3. The second kappa shape index (κ2) is 5.87. The number of aromatic nitrogens is 1. The fourth-order valence-corrected chi connectivity index (χ4v) is 3.93. The number of aliphatic hydroxyl groups is 1. The van der Waals surface area contributed by atoms with Gasteiger partial charge in [-0.05, 0) is 26.8 Å². The van der Waals surface area contributed by atoms with Crippen LogP contribution in [0, 0.1) is 0 Å². The summed E-state index contributed by atoms with van der Waals surface area (Å²) in [6, 6.07) is 10.6. The molecule has 0 saturated carbocycles. The topological polar surface area (TPSA) is 36.4 Å². The lowest BCUT2D eigenvalue weighted by molar-refractivity contribution is -0.0353. The van der Waals surface area contributed by atoms with Crippen LogP contribution in [0.4, 0.5) is 0 Å². The number of rotatable bonds is 3. The largest absolute Gasteiger partial charge is 0.389 e. The first kappa shape index (κ1) is 14.7. The van der Waals surface area contributed by atoms with Crippen LogP contribution in [0.2, 0.25) is 0 Å². The van der Waals surface area contributed by atoms with Gasteiger partial charge in [-0.3, -0.25) is 0 Å². The highest BCUT2D eigenvalue weighted by Gasteiger charge is 2.35. The Morgan fingerprint density at radius 3 is 2.86 bits per heavy atom. The van der Waals surface area contributed by atoms with Gasteiger partial charge in [-0.25, -0.2) is 4.98 Å². The first-order chi connectivity index (χ1) is 10.1. The minimum atomic E-state index is -0.599. The Hall–Kier alpha value is -1.23. The second-order valence-electron chi connectivity index (χ2n) is 6.18. The molecule has 1 aliphatic rings. The number of benzene rings is 1. The maximum atomic E-state index is 10.8. The maximum Gasteiger partial charge on any atom is 0.0961 e. The zero-order valence-electron chi connectivity index (χ0n) is 12.6. The van der Waals surface area contributed by atoms with E-state index in [0.29, 0.717) is 12.5 Å². The van der Waals surface area contributed by atoms with Crippen molar-refractivity contribution in [2.45, 2.75) is 37.8 Å². The summed E-state index contributed by atoms with van der Waals surface area (Å²) in [5.41, 5.74) is 1.56. The van der Waals surface area contributed by atoms with E-state index in [2.05, 4.69) is 36.4 Å². The molecule has 1 aromatic carbocycles. The summed E-state index contributed by atoms with van der Waals surface area (Å²) in [4.78, 5) is 7.02. The molecule has 0 aliphatic carbocycles. The number of thiazole rings is 1. The molecular weight excluding hydrogens is 280 g/mol. The smallest absolute Gasteiger partial charge is 0.0961 e. The molecule has 2 unspecified atom stereocenters. The van der Waals surface area contributed by atoms with Gasteiger partial charge < -0.3 is 10.0 Å². The molecule has 4 heteroatoms. The minimum absolute atomic E-state index is 0.428. The summed E-state index contributed by atoms with van der Waals surface area (Å²) < 4.78 is 0. The normalized spacial score (nSPS) is 26.9. The first-order valence-electron chi connectivity index (χ1n) is 7.48. The van der Waals surface area contributed by atoms with E-state index in [1.165, 1.54) is 0 Å². The molecule has 0 spiro atoms. The summed E-state index contributed by atoms with van der Waals surface area (Å²) in [5.74, 6) is 0. The third-order valence-electron chi connectivity index (χ3n) is 4.46. The van der Waals surface area contributed by atoms with E-state index in [-0.39, 0.29) is 0 Å². The predicted octanol–water partition coefficient (Wildman–Crippen LogP) is 3.20. The Morgan fingerprint density at radius 1 is 1.38 bits per heavy atom. The minimum Gasteiger partial charge on any atom is -0.389 e. The van der Waals surface area contributed by atoms with E-state index < -0.39 is 5.60 Å². The molecule has 3 rings (SSSR count). The van der Waals surface area contributed by atoms with Crippen molar-refractivity contribution in [3.63, 3.8) is 0 Å². The molecule has 1 aliphatic heterocycles. The van der Waals surface area contributed by atoms with Gasteiger partial charge in [-0.1, -0.05) is 30.3 Å². The van der Waals surface area contributed by atoms with Crippen molar-refractivity contribution in [2.24, 2.45) is 0 Å². The van der Waals surface area contributed by atoms with E-state index in [1.807, 2.05) is 18.2 Å². The van der Waals surface area contributed by atoms with E-state index >= 15 is 0 Å². The van der Waals surface area contributed by atoms with Gasteiger partial charge in [0.1, 0.15) is 0 Å². The van der Waals surface area contributed by atoms with E-state index in [0.717, 1.165) is 35.7 Å². The van der Waals surface area contributed by atoms with Gasteiger partial charge >= 0.3 is 0 Å². The highest BCUT2D eigenvalue weighted by Crippen LogP contribution is 2.31. The van der Waals surface area contributed by atoms with Gasteiger partial charge in [0.05, 0.1) is 16.3 Å². The van der Waals surface area contributed by atoms with E-state index in [1.54, 1.807) is 11.3 Å². The van der Waals surface area contributed by atoms with Gasteiger partial charge in [0.25, 0.3) is 0 Å². The molecule has 1 saturated heterocycles. The summed E-state index contributed by atoms with van der Waals surface area (Å²) in [7, 11) is 2.13. The van der Waals surface area contributed by atoms with Crippen molar-refractivity contribution in [3.8, 4) is 11.3 Å². The molecule has 0 amide bonds. The molecule has 21 heavy (non-hydrogen) atoms. The van der Waals surface area contributed by atoms with E-state index in [9.17, 15) is 5.11 Å². The molecule has 1 aromatic heterocycles. The first-order valence-corrected chi connectivity index (χ1v) is 8.36. The molecular formula is C17H22N2OS. The van der Waals surface area contributed by atoms with Crippen LogP contribution < -0.4 is 0 Å². The average molecular weight is 302 g/mol. The molecule has 112 valence electrons. The van der Waals surface area contributed by atoms with Crippen molar-refractivity contribution in [1.29, 1.82) is 0 Å². The molecule has 1 N–H and O–H groups in total. The van der Waals surface area contributed by atoms with Crippen LogP contribution in [0.25, 0.3) is 11.3 Å². The Bertz CT molecular complexity index is 598. The quantitative estimate of drug-likeness (QED) is 0.946. The Morgan fingerprint density at radius 2 is 2.14 bits per heavy atom. The van der Waals surface area contributed by atoms with Crippen molar-refractivity contribution in [1.82, 2.24) is 9.88 Å². The monoisotopic (exact) mass is 302 g/mol. The summed E-state index contributed by atoms with van der Waals surface area (Å²) in [6.07, 6.45) is 2.32. The van der Waals surface area contributed by atoms with Gasteiger partial charge in [-0.15, -0.1) is 11.3 Å². The third kappa shape index (κ3) is 3.34. The number of nitrogens with zero attached hydrogens (tertiary/aromatic N) is 2. The van der Waals surface area contributed by atoms with Gasteiger partial charge in [0, 0.05) is 30.0 Å². The summed E-state index contributed by atoms with van der Waals surface area (Å²) >= 11 is 1.65. The van der Waals surface area contributed by atoms with Crippen LogP contribution in [-0.2, 0) is 6.42 Å².